The molecule has 2 fully saturated rings. The van der Waals surface area contributed by atoms with Crippen molar-refractivity contribution in [2.24, 2.45) is 11.8 Å². The Kier molecular flexibility index (Phi) is 4.90. The van der Waals surface area contributed by atoms with Crippen molar-refractivity contribution >= 4 is 29.4 Å². The number of imide groups is 1. The van der Waals surface area contributed by atoms with Gasteiger partial charge in [-0.05, 0) is 17.7 Å². The first-order chi connectivity index (χ1) is 15.8. The molecule has 2 aromatic carbocycles. The molecule has 0 aliphatic carbocycles. The van der Waals surface area contributed by atoms with Crippen LogP contribution in [0, 0.1) is 11.8 Å². The summed E-state index contributed by atoms with van der Waals surface area (Å²) < 4.78 is 16.5. The number of ether oxygens (including phenoxy) is 3. The highest BCUT2D eigenvalue weighted by molar-refractivity contribution is 6.24. The first-order valence-corrected chi connectivity index (χ1v) is 10.6. The van der Waals surface area contributed by atoms with Gasteiger partial charge in [0.2, 0.25) is 11.8 Å². The molecule has 3 heterocycles. The number of para-hydroxylation sites is 1. The maximum absolute atomic E-state index is 13.8. The zero-order valence-electron chi connectivity index (χ0n) is 18.0. The molecule has 4 atom stereocenters. The molecule has 2 amide bonds. The Morgan fingerprint density at radius 2 is 1.58 bits per heavy atom. The smallest absolute Gasteiger partial charge is 0.305 e. The summed E-state index contributed by atoms with van der Waals surface area (Å²) >= 11 is 0. The van der Waals surface area contributed by atoms with Gasteiger partial charge < -0.3 is 14.2 Å². The van der Waals surface area contributed by atoms with E-state index in [-0.39, 0.29) is 0 Å². The second-order valence-corrected chi connectivity index (χ2v) is 8.24. The Morgan fingerprint density at radius 1 is 0.939 bits per heavy atom. The van der Waals surface area contributed by atoms with E-state index >= 15 is 0 Å². The summed E-state index contributed by atoms with van der Waals surface area (Å²) in [6, 6.07) is 16.6. The predicted molar refractivity (Wildman–Crippen MR) is 115 cm³/mol. The standard InChI is InChI=1S/C25H21NO7/c1-14(27)31-24(32-15(2)28)25-13-12-19(33-25)20-21(25)23(30)26(22(20)29)18-11-7-6-10-17(18)16-8-4-3-5-9-16/h3-13,19-21,24H,1-2H3/t19-,20+,21+,25-/m0/s1. The molecule has 0 saturated carbocycles. The van der Waals surface area contributed by atoms with Crippen molar-refractivity contribution in [1.29, 1.82) is 0 Å². The molecule has 3 aliphatic rings. The second kappa shape index (κ2) is 7.67. The number of amides is 2. The van der Waals surface area contributed by atoms with Crippen molar-refractivity contribution in [3.63, 3.8) is 0 Å². The van der Waals surface area contributed by atoms with Crippen LogP contribution < -0.4 is 4.90 Å². The lowest BCUT2D eigenvalue weighted by Gasteiger charge is -2.34. The molecule has 0 unspecified atom stereocenters. The van der Waals surface area contributed by atoms with Gasteiger partial charge in [0, 0.05) is 19.4 Å². The van der Waals surface area contributed by atoms with Crippen molar-refractivity contribution < 1.29 is 33.4 Å². The number of anilines is 1. The molecule has 8 nitrogen and oxygen atoms in total. The topological polar surface area (TPSA) is 99.2 Å². The molecule has 3 aliphatic heterocycles. The zero-order chi connectivity index (χ0) is 23.3. The van der Waals surface area contributed by atoms with E-state index in [0.717, 1.165) is 11.1 Å². The SMILES string of the molecule is CC(=O)OC(OC(C)=O)[C@@]12C=C[C@H](O1)[C@H]1C(=O)N(c3ccccc3-c3ccccc3)C(=O)[C@@H]12. The van der Waals surface area contributed by atoms with Crippen LogP contribution in [-0.2, 0) is 33.4 Å². The average Bonchev–Trinajstić information content (AvgIpc) is 3.44. The van der Waals surface area contributed by atoms with Crippen LogP contribution >= 0.6 is 0 Å². The third-order valence-corrected chi connectivity index (χ3v) is 6.22. The number of esters is 2. The minimum Gasteiger partial charge on any atom is -0.422 e. The third-order valence-electron chi connectivity index (χ3n) is 6.22. The van der Waals surface area contributed by atoms with Crippen LogP contribution in [0.25, 0.3) is 11.1 Å². The molecule has 168 valence electrons. The lowest BCUT2D eigenvalue weighted by Crippen LogP contribution is -2.52. The van der Waals surface area contributed by atoms with Gasteiger partial charge in [-0.25, -0.2) is 4.90 Å². The number of hydrogen-bond acceptors (Lipinski definition) is 7. The molecule has 2 bridgehead atoms. The first kappa shape index (κ1) is 21.1. The number of hydrogen-bond donors (Lipinski definition) is 0. The fourth-order valence-electron chi connectivity index (χ4n) is 4.98. The highest BCUT2D eigenvalue weighted by Crippen LogP contribution is 2.55. The van der Waals surface area contributed by atoms with Gasteiger partial charge in [-0.1, -0.05) is 54.6 Å². The summed E-state index contributed by atoms with van der Waals surface area (Å²) in [6.45, 7) is 2.33. The average molecular weight is 447 g/mol. The summed E-state index contributed by atoms with van der Waals surface area (Å²) in [5.41, 5.74) is 0.469. The molecule has 2 saturated heterocycles. The second-order valence-electron chi connectivity index (χ2n) is 8.24. The van der Waals surface area contributed by atoms with Crippen LogP contribution in [0.2, 0.25) is 0 Å². The van der Waals surface area contributed by atoms with Crippen molar-refractivity contribution in [3.05, 3.63) is 66.7 Å². The summed E-state index contributed by atoms with van der Waals surface area (Å²) in [6.07, 6.45) is 1.02. The third kappa shape index (κ3) is 3.17. The fraction of sp³-hybridized carbons (Fsp3) is 0.280. The normalized spacial score (nSPS) is 27.2. The Balaban J connectivity index is 1.58. The minimum absolute atomic E-state index is 0.408. The molecule has 2 aromatic rings. The summed E-state index contributed by atoms with van der Waals surface area (Å²) in [4.78, 5) is 52.0. The molecule has 33 heavy (non-hydrogen) atoms. The Morgan fingerprint density at radius 3 is 2.24 bits per heavy atom. The maximum atomic E-state index is 13.8. The molecule has 0 spiro atoms. The monoisotopic (exact) mass is 447 g/mol. The number of nitrogens with zero attached hydrogens (tertiary/aromatic N) is 1. The number of fused-ring (bicyclic) bond motifs is 5. The number of benzene rings is 2. The van der Waals surface area contributed by atoms with Crippen LogP contribution in [0.4, 0.5) is 5.69 Å². The lowest BCUT2D eigenvalue weighted by molar-refractivity contribution is -0.226. The van der Waals surface area contributed by atoms with E-state index in [1.165, 1.54) is 18.7 Å². The molecule has 0 N–H and O–H groups in total. The van der Waals surface area contributed by atoms with Gasteiger partial charge in [-0.15, -0.1) is 0 Å². The van der Waals surface area contributed by atoms with Crippen LogP contribution in [0.5, 0.6) is 0 Å². The Labute approximate surface area is 189 Å². The largest absolute Gasteiger partial charge is 0.422 e. The van der Waals surface area contributed by atoms with Gasteiger partial charge in [0.25, 0.3) is 6.29 Å². The van der Waals surface area contributed by atoms with Crippen molar-refractivity contribution in [2.75, 3.05) is 4.90 Å². The summed E-state index contributed by atoms with van der Waals surface area (Å²) in [5, 5.41) is 0. The van der Waals surface area contributed by atoms with Crippen LogP contribution in [-0.4, -0.2) is 41.7 Å². The van der Waals surface area contributed by atoms with Gasteiger partial charge >= 0.3 is 11.9 Å². The molecular weight excluding hydrogens is 426 g/mol. The van der Waals surface area contributed by atoms with E-state index in [0.29, 0.717) is 5.69 Å². The number of rotatable bonds is 5. The number of carbonyl (C=O) groups is 4. The Hall–Kier alpha value is -3.78. The maximum Gasteiger partial charge on any atom is 0.305 e. The van der Waals surface area contributed by atoms with Gasteiger partial charge in [-0.2, -0.15) is 0 Å². The van der Waals surface area contributed by atoms with E-state index in [4.69, 9.17) is 14.2 Å². The molecule has 8 heteroatoms. The fourth-order valence-corrected chi connectivity index (χ4v) is 4.98. The van der Waals surface area contributed by atoms with Gasteiger partial charge in [-0.3, -0.25) is 19.2 Å². The van der Waals surface area contributed by atoms with E-state index in [1.807, 2.05) is 42.5 Å². The van der Waals surface area contributed by atoms with E-state index in [2.05, 4.69) is 0 Å². The first-order valence-electron chi connectivity index (χ1n) is 10.6. The summed E-state index contributed by atoms with van der Waals surface area (Å²) in [7, 11) is 0. The van der Waals surface area contributed by atoms with Crippen molar-refractivity contribution in [2.45, 2.75) is 31.8 Å². The number of carbonyl (C=O) groups excluding carboxylic acids is 4. The van der Waals surface area contributed by atoms with Crippen LogP contribution in [0.1, 0.15) is 13.8 Å². The van der Waals surface area contributed by atoms with Gasteiger partial charge in [0.15, 0.2) is 5.60 Å². The zero-order valence-corrected chi connectivity index (χ0v) is 18.0. The summed E-state index contributed by atoms with van der Waals surface area (Å²) in [5.74, 6) is -4.14. The van der Waals surface area contributed by atoms with E-state index < -0.39 is 53.6 Å². The van der Waals surface area contributed by atoms with E-state index in [9.17, 15) is 19.2 Å². The van der Waals surface area contributed by atoms with Gasteiger partial charge in [0.1, 0.15) is 0 Å². The molecule has 0 aromatic heterocycles. The van der Waals surface area contributed by atoms with Crippen LogP contribution in [0.3, 0.4) is 0 Å². The predicted octanol–water partition coefficient (Wildman–Crippen LogP) is 2.62. The van der Waals surface area contributed by atoms with E-state index in [1.54, 1.807) is 24.3 Å². The molecule has 0 radical (unpaired) electrons. The van der Waals surface area contributed by atoms with Crippen molar-refractivity contribution in [3.8, 4) is 11.1 Å². The molecular formula is C25H21NO7. The van der Waals surface area contributed by atoms with Crippen LogP contribution in [0.15, 0.2) is 66.7 Å². The highest BCUT2D eigenvalue weighted by Gasteiger charge is 2.72. The van der Waals surface area contributed by atoms with Crippen molar-refractivity contribution in [1.82, 2.24) is 0 Å². The quantitative estimate of drug-likeness (QED) is 0.301. The lowest BCUT2D eigenvalue weighted by atomic mass is 9.76. The Bertz CT molecular complexity index is 1170. The minimum atomic E-state index is -1.57. The van der Waals surface area contributed by atoms with Gasteiger partial charge in [0.05, 0.1) is 23.6 Å². The highest BCUT2D eigenvalue weighted by atomic mass is 16.7. The molecule has 5 rings (SSSR count).